The van der Waals surface area contributed by atoms with E-state index in [-0.39, 0.29) is 5.78 Å². The smallest absolute Gasteiger partial charge is 0.375 e. The third kappa shape index (κ3) is 10.8. The number of carbonyl (C=O) groups is 2. The van der Waals surface area contributed by atoms with Crippen LogP contribution in [-0.2, 0) is 29.4 Å². The van der Waals surface area contributed by atoms with E-state index in [2.05, 4.69) is 8.37 Å². The summed E-state index contributed by atoms with van der Waals surface area (Å²) in [5.74, 6) is -3.86. The van der Waals surface area contributed by atoms with Crippen molar-refractivity contribution in [3.05, 3.63) is 241 Å². The van der Waals surface area contributed by atoms with Crippen LogP contribution in [0.1, 0.15) is 31.8 Å². The summed E-state index contributed by atoms with van der Waals surface area (Å²) in [5.41, 5.74) is -12.6. The van der Waals surface area contributed by atoms with Gasteiger partial charge in [-0.1, -0.05) is 194 Å². The van der Waals surface area contributed by atoms with Crippen molar-refractivity contribution in [2.75, 3.05) is 0 Å². The summed E-state index contributed by atoms with van der Waals surface area (Å²) in [6.07, 6.45) is 0. The van der Waals surface area contributed by atoms with E-state index < -0.39 is 73.9 Å². The molecule has 0 aliphatic carbocycles. The Bertz CT molecular complexity index is 3260. The normalized spacial score (nSPS) is 12.2. The van der Waals surface area contributed by atoms with Gasteiger partial charge in [-0.3, -0.25) is 9.59 Å². The monoisotopic (exact) mass is 1060 g/mol. The van der Waals surface area contributed by atoms with E-state index >= 15 is 9.13 Å². The number of hydrogen-bond acceptors (Lipinski definition) is 10. The van der Waals surface area contributed by atoms with E-state index in [4.69, 9.17) is 0 Å². The van der Waals surface area contributed by atoms with Crippen LogP contribution in [-0.4, -0.2) is 39.4 Å². The number of halogens is 6. The Morgan fingerprint density at radius 1 is 0.333 bits per heavy atom. The van der Waals surface area contributed by atoms with Crippen molar-refractivity contribution in [1.29, 1.82) is 0 Å². The van der Waals surface area contributed by atoms with E-state index in [1.54, 1.807) is 36.4 Å². The Labute approximate surface area is 409 Å². The largest absolute Gasteiger partial charge is 0.534 e. The highest BCUT2D eigenvalue weighted by atomic mass is 32.2. The van der Waals surface area contributed by atoms with Crippen molar-refractivity contribution in [3.8, 4) is 11.5 Å². The summed E-state index contributed by atoms with van der Waals surface area (Å²) in [4.78, 5) is 27.3. The minimum Gasteiger partial charge on any atom is -0.375 e. The first kappa shape index (κ1) is 52.5. The van der Waals surface area contributed by atoms with Gasteiger partial charge in [-0.2, -0.15) is 43.2 Å². The third-order valence-electron chi connectivity index (χ3n) is 10.7. The standard InChI is InChI=1S/C37H28O3P2.C15H8F6O7S2/c38-37(33-25-13-15-27-35(33)41(39,29-17-5-1-6-18-29)30-19-7-2-8-20-30)34-26-14-16-28-36(34)42(40,31-21-9-3-10-22-31)32-23-11-4-12-24-32;16-14(17,18)29(23,24)27-11-7-3-1-5-9(11)13(22)10-6-2-4-8-12(10)28-30(25,26)15(19,20)21/h1-28H;1-8H. The number of benzene rings is 8. The SMILES string of the molecule is O=C(c1ccccc1OS(=O)(=O)C(F)(F)F)c1ccccc1OS(=O)(=O)C(F)(F)F.O=C(c1ccccc1P(=O)(c1ccccc1)c1ccccc1)c1ccccc1P(=O)(c1ccccc1)c1ccccc1. The van der Waals surface area contributed by atoms with Crippen LogP contribution in [0.25, 0.3) is 0 Å². The summed E-state index contributed by atoms with van der Waals surface area (Å²) in [6, 6.07) is 58.7. The Hall–Kier alpha value is -7.36. The number of carbonyl (C=O) groups excluding carboxylic acids is 2. The molecule has 8 aromatic rings. The summed E-state index contributed by atoms with van der Waals surface area (Å²) < 4.78 is 159. The first-order chi connectivity index (χ1) is 34.1. The lowest BCUT2D eigenvalue weighted by Gasteiger charge is -2.24. The fraction of sp³-hybridized carbons (Fsp3) is 0.0385. The molecule has 0 saturated carbocycles. The Morgan fingerprint density at radius 3 is 0.833 bits per heavy atom. The van der Waals surface area contributed by atoms with Gasteiger partial charge in [0.1, 0.15) is 0 Å². The first-order valence-corrected chi connectivity index (χ1v) is 27.2. The number of alkyl halides is 6. The molecule has 8 aromatic carbocycles. The highest BCUT2D eigenvalue weighted by Crippen LogP contribution is 2.46. The number of para-hydroxylation sites is 2. The van der Waals surface area contributed by atoms with Gasteiger partial charge in [0.15, 0.2) is 31.6 Å². The fourth-order valence-electron chi connectivity index (χ4n) is 7.36. The molecule has 0 fully saturated rings. The maximum Gasteiger partial charge on any atom is 0.534 e. The molecular weight excluding hydrogens is 1020 g/mol. The zero-order chi connectivity index (χ0) is 52.0. The molecule has 0 radical (unpaired) electrons. The van der Waals surface area contributed by atoms with Gasteiger partial charge >= 0.3 is 31.3 Å². The van der Waals surface area contributed by atoms with Crippen LogP contribution in [0, 0.1) is 0 Å². The van der Waals surface area contributed by atoms with Crippen LogP contribution in [0.5, 0.6) is 11.5 Å². The zero-order valence-corrected chi connectivity index (χ0v) is 40.3. The lowest BCUT2D eigenvalue weighted by atomic mass is 10.0. The molecule has 0 unspecified atom stereocenters. The van der Waals surface area contributed by atoms with Crippen LogP contribution < -0.4 is 40.2 Å². The van der Waals surface area contributed by atoms with Crippen LogP contribution >= 0.6 is 14.3 Å². The quantitative estimate of drug-likeness (QED) is 0.0338. The molecule has 10 nitrogen and oxygen atoms in total. The van der Waals surface area contributed by atoms with Gasteiger partial charge in [0, 0.05) is 43.0 Å². The highest BCUT2D eigenvalue weighted by molar-refractivity contribution is 7.88. The van der Waals surface area contributed by atoms with Crippen LogP contribution in [0.2, 0.25) is 0 Å². The van der Waals surface area contributed by atoms with Crippen LogP contribution in [0.15, 0.2) is 218 Å². The molecule has 0 aliphatic heterocycles. The highest BCUT2D eigenvalue weighted by Gasteiger charge is 2.50. The molecule has 72 heavy (non-hydrogen) atoms. The maximum absolute atomic E-state index is 15.3. The lowest BCUT2D eigenvalue weighted by Crippen LogP contribution is -2.32. The molecule has 0 bridgehead atoms. The third-order valence-corrected chi connectivity index (χ3v) is 18.9. The number of ketones is 2. The molecule has 0 amide bonds. The van der Waals surface area contributed by atoms with Crippen molar-refractivity contribution < 1.29 is 70.3 Å². The molecule has 0 spiro atoms. The van der Waals surface area contributed by atoms with Crippen LogP contribution in [0.4, 0.5) is 26.3 Å². The molecule has 0 aromatic heterocycles. The summed E-state index contributed by atoms with van der Waals surface area (Å²) in [5, 5.41) is 3.48. The van der Waals surface area contributed by atoms with Crippen molar-refractivity contribution >= 4 is 77.9 Å². The zero-order valence-electron chi connectivity index (χ0n) is 36.8. The molecule has 0 saturated heterocycles. The summed E-state index contributed by atoms with van der Waals surface area (Å²) in [7, 11) is -19.3. The molecule has 20 heteroatoms. The van der Waals surface area contributed by atoms with Crippen molar-refractivity contribution in [2.45, 2.75) is 11.0 Å². The number of rotatable bonds is 14. The second kappa shape index (κ2) is 21.2. The Balaban J connectivity index is 0.000000225. The van der Waals surface area contributed by atoms with E-state index in [1.165, 1.54) is 0 Å². The lowest BCUT2D eigenvalue weighted by molar-refractivity contribution is -0.0504. The average molecular weight is 1060 g/mol. The van der Waals surface area contributed by atoms with Crippen molar-refractivity contribution in [1.82, 2.24) is 0 Å². The van der Waals surface area contributed by atoms with E-state index in [9.17, 15) is 52.8 Å². The predicted molar refractivity (Wildman–Crippen MR) is 263 cm³/mol. The fourth-order valence-corrected chi connectivity index (χ4v) is 14.0. The average Bonchev–Trinajstić information content (AvgIpc) is 3.38. The molecular formula is C52H36F6O10P2S2. The van der Waals surface area contributed by atoms with Crippen molar-refractivity contribution in [3.63, 3.8) is 0 Å². The van der Waals surface area contributed by atoms with Gasteiger partial charge in [-0.05, 0) is 24.3 Å². The summed E-state index contributed by atoms with van der Waals surface area (Å²) in [6.45, 7) is 0. The Kier molecular flexibility index (Phi) is 15.4. The molecule has 0 N–H and O–H groups in total. The van der Waals surface area contributed by atoms with Gasteiger partial charge < -0.3 is 17.5 Å². The van der Waals surface area contributed by atoms with Crippen LogP contribution in [0.3, 0.4) is 0 Å². The predicted octanol–water partition coefficient (Wildman–Crippen LogP) is 9.57. The van der Waals surface area contributed by atoms with E-state index in [0.717, 1.165) is 36.4 Å². The molecule has 0 aliphatic rings. The van der Waals surface area contributed by atoms with Crippen molar-refractivity contribution in [2.24, 2.45) is 0 Å². The minimum absolute atomic E-state index is 0.319. The Morgan fingerprint density at radius 2 is 0.556 bits per heavy atom. The van der Waals surface area contributed by atoms with Gasteiger partial charge in [0.05, 0.1) is 11.1 Å². The molecule has 0 atom stereocenters. The molecule has 0 heterocycles. The first-order valence-electron chi connectivity index (χ1n) is 21.0. The second-order valence-electron chi connectivity index (χ2n) is 15.2. The molecule has 8 rings (SSSR count). The van der Waals surface area contributed by atoms with E-state index in [0.29, 0.717) is 55.1 Å². The maximum atomic E-state index is 15.3. The topological polar surface area (TPSA) is 155 Å². The van der Waals surface area contributed by atoms with Gasteiger partial charge in [-0.15, -0.1) is 0 Å². The second-order valence-corrected chi connectivity index (χ2v) is 23.8. The van der Waals surface area contributed by atoms with Gasteiger partial charge in [-0.25, -0.2) is 0 Å². The van der Waals surface area contributed by atoms with Gasteiger partial charge in [0.25, 0.3) is 0 Å². The van der Waals surface area contributed by atoms with Gasteiger partial charge in [0.2, 0.25) is 5.78 Å². The summed E-state index contributed by atoms with van der Waals surface area (Å²) >= 11 is 0. The van der Waals surface area contributed by atoms with E-state index in [1.807, 2.05) is 133 Å². The number of hydrogen-bond donors (Lipinski definition) is 0. The molecule has 368 valence electrons. The minimum atomic E-state index is -6.18.